The summed E-state index contributed by atoms with van der Waals surface area (Å²) in [5, 5.41) is 0. The normalized spacial score (nSPS) is 52.6. The second kappa shape index (κ2) is 3.98. The number of ether oxygens (including phenoxy) is 1. The molecule has 0 unspecified atom stereocenters. The zero-order valence-corrected chi connectivity index (χ0v) is 12.8. The molecule has 19 heavy (non-hydrogen) atoms. The highest BCUT2D eigenvalue weighted by molar-refractivity contribution is 5.17. The van der Waals surface area contributed by atoms with E-state index in [0.29, 0.717) is 23.2 Å². The zero-order chi connectivity index (χ0) is 13.3. The van der Waals surface area contributed by atoms with Crippen LogP contribution in [0.3, 0.4) is 0 Å². The summed E-state index contributed by atoms with van der Waals surface area (Å²) in [7, 11) is 0. The molecule has 0 amide bonds. The molecule has 4 fully saturated rings. The molecule has 2 aliphatic heterocycles. The van der Waals surface area contributed by atoms with Crippen LogP contribution in [0.25, 0.3) is 0 Å². The summed E-state index contributed by atoms with van der Waals surface area (Å²) >= 11 is 0. The SMILES string of the molecule is CC1(C)[C@@H]2CC[C@@]1(C)[C@H]1O[C@@H](N3CCCCC3)C[C@@H]21. The highest BCUT2D eigenvalue weighted by Gasteiger charge is 2.69. The van der Waals surface area contributed by atoms with Crippen LogP contribution < -0.4 is 0 Å². The minimum atomic E-state index is 0.437. The van der Waals surface area contributed by atoms with Gasteiger partial charge in [-0.3, -0.25) is 4.90 Å². The van der Waals surface area contributed by atoms with Gasteiger partial charge < -0.3 is 4.74 Å². The average Bonchev–Trinajstić information content (AvgIpc) is 2.97. The lowest BCUT2D eigenvalue weighted by molar-refractivity contribution is -0.111. The Labute approximate surface area is 117 Å². The first-order valence-corrected chi connectivity index (χ1v) is 8.43. The van der Waals surface area contributed by atoms with Crippen molar-refractivity contribution in [2.75, 3.05) is 13.1 Å². The van der Waals surface area contributed by atoms with E-state index in [1.807, 2.05) is 0 Å². The summed E-state index contributed by atoms with van der Waals surface area (Å²) in [6.07, 6.45) is 9.32. The van der Waals surface area contributed by atoms with Crippen LogP contribution in [0.2, 0.25) is 0 Å². The van der Waals surface area contributed by atoms with Crippen molar-refractivity contribution in [2.45, 2.75) is 71.6 Å². The van der Waals surface area contributed by atoms with Crippen LogP contribution >= 0.6 is 0 Å². The topological polar surface area (TPSA) is 12.5 Å². The molecule has 4 rings (SSSR count). The highest BCUT2D eigenvalue weighted by atomic mass is 16.5. The molecule has 2 saturated carbocycles. The lowest BCUT2D eigenvalue weighted by Crippen LogP contribution is -2.42. The summed E-state index contributed by atoms with van der Waals surface area (Å²) in [5.74, 6) is 1.76. The van der Waals surface area contributed by atoms with Crippen LogP contribution in [0, 0.1) is 22.7 Å². The van der Waals surface area contributed by atoms with Crippen molar-refractivity contribution in [3.63, 3.8) is 0 Å². The quantitative estimate of drug-likeness (QED) is 0.716. The van der Waals surface area contributed by atoms with Gasteiger partial charge in [0.25, 0.3) is 0 Å². The molecule has 2 saturated heterocycles. The van der Waals surface area contributed by atoms with Crippen LogP contribution in [0.1, 0.15) is 59.3 Å². The minimum Gasteiger partial charge on any atom is -0.359 e. The lowest BCUT2D eigenvalue weighted by Gasteiger charge is -2.40. The Hall–Kier alpha value is -0.0800. The van der Waals surface area contributed by atoms with E-state index in [1.54, 1.807) is 0 Å². The number of piperidine rings is 1. The first-order valence-electron chi connectivity index (χ1n) is 8.43. The van der Waals surface area contributed by atoms with Crippen molar-refractivity contribution in [1.29, 1.82) is 0 Å². The second-order valence-corrected chi connectivity index (χ2v) is 8.29. The molecule has 2 bridgehead atoms. The predicted molar refractivity (Wildman–Crippen MR) is 76.8 cm³/mol. The van der Waals surface area contributed by atoms with E-state index in [4.69, 9.17) is 4.74 Å². The summed E-state index contributed by atoms with van der Waals surface area (Å²) in [5.41, 5.74) is 0.933. The molecule has 4 aliphatic rings. The molecular weight excluding hydrogens is 234 g/mol. The number of rotatable bonds is 1. The summed E-state index contributed by atoms with van der Waals surface area (Å²) < 4.78 is 6.62. The molecule has 0 aromatic rings. The van der Waals surface area contributed by atoms with Gasteiger partial charge in [-0.25, -0.2) is 0 Å². The molecule has 0 spiro atoms. The Kier molecular flexibility index (Phi) is 2.65. The molecule has 0 N–H and O–H groups in total. The van der Waals surface area contributed by atoms with Gasteiger partial charge in [0.1, 0.15) is 6.23 Å². The molecule has 0 radical (unpaired) electrons. The first kappa shape index (κ1) is 12.6. The molecule has 5 atom stereocenters. The minimum absolute atomic E-state index is 0.437. The number of nitrogens with zero attached hydrogens (tertiary/aromatic N) is 1. The number of fused-ring (bicyclic) bond motifs is 5. The van der Waals surface area contributed by atoms with Gasteiger partial charge in [0, 0.05) is 13.1 Å². The van der Waals surface area contributed by atoms with Crippen LogP contribution in [-0.2, 0) is 4.74 Å². The van der Waals surface area contributed by atoms with Crippen LogP contribution in [-0.4, -0.2) is 30.3 Å². The Morgan fingerprint density at radius 3 is 2.47 bits per heavy atom. The lowest BCUT2D eigenvalue weighted by atomic mass is 9.70. The fraction of sp³-hybridized carbons (Fsp3) is 1.00. The van der Waals surface area contributed by atoms with Crippen LogP contribution in [0.4, 0.5) is 0 Å². The van der Waals surface area contributed by atoms with Crippen molar-refractivity contribution in [3.05, 3.63) is 0 Å². The molecule has 2 heteroatoms. The predicted octanol–water partition coefficient (Wildman–Crippen LogP) is 3.66. The van der Waals surface area contributed by atoms with Crippen LogP contribution in [0.5, 0.6) is 0 Å². The van der Waals surface area contributed by atoms with Crippen molar-refractivity contribution in [1.82, 2.24) is 4.90 Å². The maximum Gasteiger partial charge on any atom is 0.111 e. The Bertz CT molecular complexity index is 373. The fourth-order valence-corrected chi connectivity index (χ4v) is 5.94. The molecule has 108 valence electrons. The summed E-state index contributed by atoms with van der Waals surface area (Å²) in [4.78, 5) is 2.64. The Balaban J connectivity index is 1.55. The van der Waals surface area contributed by atoms with Gasteiger partial charge in [0.2, 0.25) is 0 Å². The monoisotopic (exact) mass is 263 g/mol. The Morgan fingerprint density at radius 2 is 1.79 bits per heavy atom. The molecule has 2 heterocycles. The third kappa shape index (κ3) is 1.51. The largest absolute Gasteiger partial charge is 0.359 e. The molecule has 0 aromatic heterocycles. The van der Waals surface area contributed by atoms with Crippen molar-refractivity contribution < 1.29 is 4.74 Å². The van der Waals surface area contributed by atoms with Crippen molar-refractivity contribution >= 4 is 0 Å². The maximum absolute atomic E-state index is 6.62. The molecule has 2 aliphatic carbocycles. The van der Waals surface area contributed by atoms with Gasteiger partial charge in [0.05, 0.1) is 6.10 Å². The van der Waals surface area contributed by atoms with Gasteiger partial charge in [-0.15, -0.1) is 0 Å². The van der Waals surface area contributed by atoms with Crippen molar-refractivity contribution in [2.24, 2.45) is 22.7 Å². The number of hydrogen-bond acceptors (Lipinski definition) is 2. The average molecular weight is 263 g/mol. The van der Waals surface area contributed by atoms with Crippen molar-refractivity contribution in [3.8, 4) is 0 Å². The standard InChI is InChI=1S/C17H29NO/c1-16(2)13-7-8-17(16,3)15-12(13)11-14(19-15)18-9-5-4-6-10-18/h12-15H,4-11H2,1-3H3/t12-,13+,14+,15-,17-/m0/s1. The first-order chi connectivity index (χ1) is 9.04. The highest BCUT2D eigenvalue weighted by Crippen LogP contribution is 2.71. The summed E-state index contributed by atoms with van der Waals surface area (Å²) in [6.45, 7) is 10.1. The molecule has 0 aromatic carbocycles. The van der Waals surface area contributed by atoms with Gasteiger partial charge in [-0.05, 0) is 54.8 Å². The Morgan fingerprint density at radius 1 is 1.05 bits per heavy atom. The van der Waals surface area contributed by atoms with Crippen LogP contribution in [0.15, 0.2) is 0 Å². The van der Waals surface area contributed by atoms with Gasteiger partial charge >= 0.3 is 0 Å². The number of hydrogen-bond donors (Lipinski definition) is 0. The second-order valence-electron chi connectivity index (χ2n) is 8.29. The summed E-state index contributed by atoms with van der Waals surface area (Å²) in [6, 6.07) is 0. The number of likely N-dealkylation sites (tertiary alicyclic amines) is 1. The van der Waals surface area contributed by atoms with E-state index >= 15 is 0 Å². The van der Waals surface area contributed by atoms with E-state index in [1.165, 1.54) is 51.6 Å². The zero-order valence-electron chi connectivity index (χ0n) is 12.8. The van der Waals surface area contributed by atoms with E-state index < -0.39 is 0 Å². The van der Waals surface area contributed by atoms with E-state index in [2.05, 4.69) is 25.7 Å². The van der Waals surface area contributed by atoms with E-state index in [-0.39, 0.29) is 0 Å². The van der Waals surface area contributed by atoms with Gasteiger partial charge in [-0.1, -0.05) is 27.2 Å². The third-order valence-corrected chi connectivity index (χ3v) is 7.48. The van der Waals surface area contributed by atoms with E-state index in [0.717, 1.165) is 11.8 Å². The van der Waals surface area contributed by atoms with E-state index in [9.17, 15) is 0 Å². The van der Waals surface area contributed by atoms with Gasteiger partial charge in [0.15, 0.2) is 0 Å². The molecular formula is C17H29NO. The molecule has 2 nitrogen and oxygen atoms in total. The third-order valence-electron chi connectivity index (χ3n) is 7.48. The maximum atomic E-state index is 6.62. The smallest absolute Gasteiger partial charge is 0.111 e. The van der Waals surface area contributed by atoms with Gasteiger partial charge in [-0.2, -0.15) is 0 Å². The fourth-order valence-electron chi connectivity index (χ4n) is 5.94.